The summed E-state index contributed by atoms with van der Waals surface area (Å²) in [5.41, 5.74) is 3.41. The van der Waals surface area contributed by atoms with Crippen molar-refractivity contribution in [2.45, 2.75) is 44.4 Å². The summed E-state index contributed by atoms with van der Waals surface area (Å²) in [5, 5.41) is 0.507. The number of aryl methyl sites for hydroxylation is 1. The maximum Gasteiger partial charge on any atom is 0.245 e. The molecule has 0 spiro atoms. The number of fused-ring (bicyclic) bond motifs is 1. The molecule has 2 fully saturated rings. The number of halogens is 1. The van der Waals surface area contributed by atoms with Crippen molar-refractivity contribution in [3.05, 3.63) is 59.1 Å². The summed E-state index contributed by atoms with van der Waals surface area (Å²) in [6.07, 6.45) is 5.30. The average Bonchev–Trinajstić information content (AvgIpc) is 3.47. The van der Waals surface area contributed by atoms with Crippen LogP contribution in [-0.4, -0.2) is 62.6 Å². The first-order chi connectivity index (χ1) is 17.9. The second kappa shape index (κ2) is 9.24. The molecule has 2 aliphatic rings. The standard InChI is InChI=1S/C27H28ClN5O4/c1-17-6-9-29-18(10-17)12-33-23(32-22-24(33)30-16-31-25(22)37-26(2)7-8-26)20-5-4-19(11-21(20)28)36-15-27(34-3)13-35-14-27/h4-6,9-11,16H,7-8,12-15H2,1-3H3. The minimum atomic E-state index is -0.410. The number of hydrogen-bond acceptors (Lipinski definition) is 8. The number of ether oxygens (including phenoxy) is 4. The van der Waals surface area contributed by atoms with E-state index < -0.39 is 5.60 Å². The Balaban J connectivity index is 1.39. The molecule has 1 aliphatic carbocycles. The van der Waals surface area contributed by atoms with Crippen LogP contribution in [0.5, 0.6) is 11.6 Å². The number of hydrogen-bond donors (Lipinski definition) is 0. The molecule has 37 heavy (non-hydrogen) atoms. The minimum absolute atomic E-state index is 0.203. The molecule has 0 unspecified atom stereocenters. The van der Waals surface area contributed by atoms with E-state index in [-0.39, 0.29) is 5.60 Å². The Morgan fingerprint density at radius 2 is 1.95 bits per heavy atom. The molecular formula is C27H28ClN5O4. The Morgan fingerprint density at radius 3 is 2.62 bits per heavy atom. The Bertz CT molecular complexity index is 1460. The normalized spacial score (nSPS) is 17.4. The highest BCUT2D eigenvalue weighted by Gasteiger charge is 2.41. The van der Waals surface area contributed by atoms with Crippen LogP contribution >= 0.6 is 11.6 Å². The Hall–Kier alpha value is -3.27. The van der Waals surface area contributed by atoms with Gasteiger partial charge in [0.2, 0.25) is 5.88 Å². The Morgan fingerprint density at radius 1 is 1.11 bits per heavy atom. The largest absolute Gasteiger partial charge is 0.490 e. The first-order valence-corrected chi connectivity index (χ1v) is 12.6. The van der Waals surface area contributed by atoms with Crippen molar-refractivity contribution in [2.75, 3.05) is 26.9 Å². The molecule has 192 valence electrons. The maximum atomic E-state index is 6.81. The van der Waals surface area contributed by atoms with Gasteiger partial charge in [-0.25, -0.2) is 9.97 Å². The van der Waals surface area contributed by atoms with E-state index in [1.807, 2.05) is 35.8 Å². The van der Waals surface area contributed by atoms with E-state index in [0.29, 0.717) is 60.0 Å². The quantitative estimate of drug-likeness (QED) is 0.315. The highest BCUT2D eigenvalue weighted by Crippen LogP contribution is 2.41. The van der Waals surface area contributed by atoms with Gasteiger partial charge in [-0.2, -0.15) is 4.98 Å². The third kappa shape index (κ3) is 4.74. The number of aromatic nitrogens is 5. The first kappa shape index (κ1) is 24.1. The predicted molar refractivity (Wildman–Crippen MR) is 138 cm³/mol. The molecule has 4 heterocycles. The minimum Gasteiger partial charge on any atom is -0.490 e. The lowest BCUT2D eigenvalue weighted by Crippen LogP contribution is -2.55. The molecule has 1 saturated heterocycles. The lowest BCUT2D eigenvalue weighted by molar-refractivity contribution is -0.208. The van der Waals surface area contributed by atoms with Gasteiger partial charge in [-0.3, -0.25) is 4.98 Å². The molecule has 9 nitrogen and oxygen atoms in total. The molecular weight excluding hydrogens is 494 g/mol. The van der Waals surface area contributed by atoms with E-state index in [1.54, 1.807) is 19.4 Å². The van der Waals surface area contributed by atoms with Crippen LogP contribution in [0.3, 0.4) is 0 Å². The van der Waals surface area contributed by atoms with Crippen LogP contribution in [0.15, 0.2) is 42.9 Å². The lowest BCUT2D eigenvalue weighted by atomic mass is 10.0. The fraction of sp³-hybridized carbons (Fsp3) is 0.407. The monoisotopic (exact) mass is 521 g/mol. The summed E-state index contributed by atoms with van der Waals surface area (Å²) in [4.78, 5) is 18.5. The molecule has 0 N–H and O–H groups in total. The fourth-order valence-electron chi connectivity index (χ4n) is 4.28. The van der Waals surface area contributed by atoms with Crippen molar-refractivity contribution in [3.8, 4) is 23.0 Å². The molecule has 0 bridgehead atoms. The van der Waals surface area contributed by atoms with Crippen molar-refractivity contribution in [3.63, 3.8) is 0 Å². The zero-order chi connectivity index (χ0) is 25.6. The molecule has 0 radical (unpaired) electrons. The van der Waals surface area contributed by atoms with Gasteiger partial charge in [0, 0.05) is 18.9 Å². The van der Waals surface area contributed by atoms with Gasteiger partial charge in [0.25, 0.3) is 0 Å². The SMILES string of the molecule is COC1(COc2ccc(-c3nc4c(OC5(C)CC5)ncnc4n3Cc3cc(C)ccn3)c(Cl)c2)COC1. The topological polar surface area (TPSA) is 93.4 Å². The van der Waals surface area contributed by atoms with Gasteiger partial charge in [-0.1, -0.05) is 11.6 Å². The van der Waals surface area contributed by atoms with Crippen molar-refractivity contribution >= 4 is 22.8 Å². The zero-order valence-corrected chi connectivity index (χ0v) is 21.8. The summed E-state index contributed by atoms with van der Waals surface area (Å²) in [7, 11) is 1.67. The summed E-state index contributed by atoms with van der Waals surface area (Å²) < 4.78 is 25.1. The van der Waals surface area contributed by atoms with Crippen LogP contribution in [0.1, 0.15) is 31.0 Å². The van der Waals surface area contributed by atoms with E-state index in [2.05, 4.69) is 21.9 Å². The van der Waals surface area contributed by atoms with Gasteiger partial charge in [0.05, 0.1) is 30.5 Å². The highest BCUT2D eigenvalue weighted by atomic mass is 35.5. The predicted octanol–water partition coefficient (Wildman–Crippen LogP) is 4.62. The van der Waals surface area contributed by atoms with Crippen LogP contribution in [0.25, 0.3) is 22.6 Å². The number of rotatable bonds is 9. The molecule has 3 aromatic heterocycles. The number of pyridine rings is 1. The van der Waals surface area contributed by atoms with Crippen LogP contribution in [-0.2, 0) is 16.0 Å². The van der Waals surface area contributed by atoms with Gasteiger partial charge >= 0.3 is 0 Å². The van der Waals surface area contributed by atoms with Crippen LogP contribution in [0.2, 0.25) is 5.02 Å². The van der Waals surface area contributed by atoms with E-state index in [4.69, 9.17) is 35.5 Å². The van der Waals surface area contributed by atoms with Gasteiger partial charge in [-0.05, 0) is 62.6 Å². The highest BCUT2D eigenvalue weighted by molar-refractivity contribution is 6.33. The first-order valence-electron chi connectivity index (χ1n) is 12.2. The zero-order valence-electron chi connectivity index (χ0n) is 21.0. The average molecular weight is 522 g/mol. The number of methoxy groups -OCH3 is 1. The third-order valence-electron chi connectivity index (χ3n) is 6.93. The number of imidazole rings is 1. The maximum absolute atomic E-state index is 6.81. The molecule has 10 heteroatoms. The summed E-state index contributed by atoms with van der Waals surface area (Å²) in [6.45, 7) is 5.99. The van der Waals surface area contributed by atoms with Gasteiger partial charge in [0.1, 0.15) is 35.7 Å². The van der Waals surface area contributed by atoms with Crippen molar-refractivity contribution in [1.82, 2.24) is 24.5 Å². The summed E-state index contributed by atoms with van der Waals surface area (Å²) in [5.74, 6) is 1.78. The number of nitrogens with zero attached hydrogens (tertiary/aromatic N) is 5. The molecule has 6 rings (SSSR count). The smallest absolute Gasteiger partial charge is 0.245 e. The van der Waals surface area contributed by atoms with Gasteiger partial charge in [-0.15, -0.1) is 0 Å². The van der Waals surface area contributed by atoms with Crippen LogP contribution in [0, 0.1) is 6.92 Å². The third-order valence-corrected chi connectivity index (χ3v) is 7.25. The molecule has 1 saturated carbocycles. The van der Waals surface area contributed by atoms with Crippen molar-refractivity contribution in [2.24, 2.45) is 0 Å². The molecule has 1 aromatic carbocycles. The van der Waals surface area contributed by atoms with E-state index in [1.165, 1.54) is 6.33 Å². The van der Waals surface area contributed by atoms with Crippen molar-refractivity contribution in [1.29, 1.82) is 0 Å². The van der Waals surface area contributed by atoms with E-state index in [0.717, 1.165) is 29.7 Å². The summed E-state index contributed by atoms with van der Waals surface area (Å²) >= 11 is 6.81. The second-order valence-corrected chi connectivity index (χ2v) is 10.5. The van der Waals surface area contributed by atoms with Crippen LogP contribution < -0.4 is 9.47 Å². The van der Waals surface area contributed by atoms with Gasteiger partial charge in [0.15, 0.2) is 11.2 Å². The van der Waals surface area contributed by atoms with Gasteiger partial charge < -0.3 is 23.5 Å². The molecule has 4 aromatic rings. The molecule has 1 aliphatic heterocycles. The van der Waals surface area contributed by atoms with Crippen LogP contribution in [0.4, 0.5) is 0 Å². The molecule has 0 amide bonds. The second-order valence-electron chi connectivity index (χ2n) is 10.1. The fourth-order valence-corrected chi connectivity index (χ4v) is 4.53. The lowest BCUT2D eigenvalue weighted by Gasteiger charge is -2.39. The summed E-state index contributed by atoms with van der Waals surface area (Å²) in [6, 6.07) is 9.61. The molecule has 0 atom stereocenters. The van der Waals surface area contributed by atoms with E-state index >= 15 is 0 Å². The Kier molecular flexibility index (Phi) is 6.01. The van der Waals surface area contributed by atoms with Crippen molar-refractivity contribution < 1.29 is 18.9 Å². The Labute approximate surface area is 219 Å². The van der Waals surface area contributed by atoms with E-state index in [9.17, 15) is 0 Å². The number of benzene rings is 1.